The zero-order valence-corrected chi connectivity index (χ0v) is 13.1. The molecule has 0 aliphatic rings. The minimum atomic E-state index is -0.670. The van der Waals surface area contributed by atoms with Crippen LogP contribution in [0.15, 0.2) is 67.3 Å². The zero-order valence-electron chi connectivity index (χ0n) is 13.1. The van der Waals surface area contributed by atoms with Gasteiger partial charge in [0.05, 0.1) is 0 Å². The van der Waals surface area contributed by atoms with E-state index in [0.717, 1.165) is 23.1 Å². The predicted octanol–water partition coefficient (Wildman–Crippen LogP) is 3.43. The Hall–Kier alpha value is -2.83. The van der Waals surface area contributed by atoms with Crippen molar-refractivity contribution < 1.29 is 19.7 Å². The van der Waals surface area contributed by atoms with Gasteiger partial charge in [0.1, 0.15) is 12.7 Å². The second-order valence-corrected chi connectivity index (χ2v) is 5.01. The molecule has 6 heteroatoms. The van der Waals surface area contributed by atoms with Crippen LogP contribution in [0.1, 0.15) is 0 Å². The van der Waals surface area contributed by atoms with Crippen molar-refractivity contribution in [2.75, 3.05) is 23.8 Å². The van der Waals surface area contributed by atoms with Crippen molar-refractivity contribution in [3.05, 3.63) is 67.3 Å². The fourth-order valence-electron chi connectivity index (χ4n) is 1.95. The molecule has 0 spiro atoms. The van der Waals surface area contributed by atoms with E-state index in [1.165, 1.54) is 0 Å². The molecule has 6 nitrogen and oxygen atoms in total. The molecule has 2 aromatic carbocycles. The van der Waals surface area contributed by atoms with Crippen LogP contribution in [-0.2, 0) is 14.4 Å². The highest BCUT2D eigenvalue weighted by Gasteiger charge is 2.11. The van der Waals surface area contributed by atoms with Crippen LogP contribution in [-0.4, -0.2) is 30.5 Å². The number of hydrogen-bond acceptors (Lipinski definition) is 6. The second-order valence-electron chi connectivity index (χ2n) is 5.01. The Morgan fingerprint density at radius 1 is 1.08 bits per heavy atom. The van der Waals surface area contributed by atoms with Gasteiger partial charge in [-0.3, -0.25) is 5.26 Å². The van der Waals surface area contributed by atoms with Crippen molar-refractivity contribution in [3.63, 3.8) is 0 Å². The van der Waals surface area contributed by atoms with Gasteiger partial charge in [0, 0.05) is 29.7 Å². The summed E-state index contributed by atoms with van der Waals surface area (Å²) in [5.41, 5.74) is 2.82. The number of rotatable bonds is 9. The molecule has 0 bridgehead atoms. The van der Waals surface area contributed by atoms with Crippen LogP contribution in [0.3, 0.4) is 0 Å². The SMILES string of the molecule is C=CC(=O)OCC(CNc1ccc(Nc2ccccc2)cc1)OO. The minimum absolute atomic E-state index is 0.0675. The lowest BCUT2D eigenvalue weighted by Crippen LogP contribution is -2.28. The summed E-state index contributed by atoms with van der Waals surface area (Å²) in [4.78, 5) is 15.3. The lowest BCUT2D eigenvalue weighted by atomic mass is 10.2. The molecular formula is C18H20N2O4. The molecule has 0 amide bonds. The van der Waals surface area contributed by atoms with Gasteiger partial charge in [0.25, 0.3) is 0 Å². The smallest absolute Gasteiger partial charge is 0.330 e. The van der Waals surface area contributed by atoms with E-state index in [-0.39, 0.29) is 13.2 Å². The van der Waals surface area contributed by atoms with Crippen molar-refractivity contribution in [1.29, 1.82) is 0 Å². The molecular weight excluding hydrogens is 308 g/mol. The highest BCUT2D eigenvalue weighted by Crippen LogP contribution is 2.18. The Morgan fingerprint density at radius 3 is 2.33 bits per heavy atom. The molecule has 0 radical (unpaired) electrons. The maximum Gasteiger partial charge on any atom is 0.330 e. The van der Waals surface area contributed by atoms with Gasteiger partial charge in [0.15, 0.2) is 0 Å². The molecule has 0 fully saturated rings. The Bertz CT molecular complexity index is 644. The first-order valence-corrected chi connectivity index (χ1v) is 7.46. The Labute approximate surface area is 140 Å². The van der Waals surface area contributed by atoms with E-state index in [9.17, 15) is 4.79 Å². The molecule has 0 saturated carbocycles. The van der Waals surface area contributed by atoms with Gasteiger partial charge < -0.3 is 15.4 Å². The predicted molar refractivity (Wildman–Crippen MR) is 93.3 cm³/mol. The Kier molecular flexibility index (Phi) is 6.82. The van der Waals surface area contributed by atoms with Crippen LogP contribution in [0.25, 0.3) is 0 Å². The largest absolute Gasteiger partial charge is 0.460 e. The van der Waals surface area contributed by atoms with E-state index >= 15 is 0 Å². The molecule has 1 unspecified atom stereocenters. The number of ether oxygens (including phenoxy) is 1. The van der Waals surface area contributed by atoms with Gasteiger partial charge in [-0.2, -0.15) is 0 Å². The molecule has 0 aliphatic heterocycles. The van der Waals surface area contributed by atoms with Crippen LogP contribution in [0.5, 0.6) is 0 Å². The van der Waals surface area contributed by atoms with Crippen molar-refractivity contribution >= 4 is 23.0 Å². The first-order chi connectivity index (χ1) is 11.7. The summed E-state index contributed by atoms with van der Waals surface area (Å²) in [6.45, 7) is 3.51. The number of para-hydroxylation sites is 1. The van der Waals surface area contributed by atoms with Crippen LogP contribution >= 0.6 is 0 Å². The number of carbonyl (C=O) groups excluding carboxylic acids is 1. The van der Waals surface area contributed by atoms with Gasteiger partial charge in [-0.25, -0.2) is 9.68 Å². The molecule has 1 atom stereocenters. The number of esters is 1. The number of nitrogens with one attached hydrogen (secondary N) is 2. The summed E-state index contributed by atoms with van der Waals surface area (Å²) in [7, 11) is 0. The summed E-state index contributed by atoms with van der Waals surface area (Å²) in [6.07, 6.45) is 0.386. The van der Waals surface area contributed by atoms with E-state index in [1.807, 2.05) is 54.6 Å². The Balaban J connectivity index is 1.82. The average Bonchev–Trinajstić information content (AvgIpc) is 2.63. The monoisotopic (exact) mass is 328 g/mol. The van der Waals surface area contributed by atoms with Crippen molar-refractivity contribution in [1.82, 2.24) is 0 Å². The highest BCUT2D eigenvalue weighted by molar-refractivity contribution is 5.81. The minimum Gasteiger partial charge on any atom is -0.460 e. The fourth-order valence-corrected chi connectivity index (χ4v) is 1.95. The first-order valence-electron chi connectivity index (χ1n) is 7.46. The van der Waals surface area contributed by atoms with Crippen LogP contribution in [0, 0.1) is 0 Å². The van der Waals surface area contributed by atoms with Gasteiger partial charge in [-0.15, -0.1) is 0 Å². The van der Waals surface area contributed by atoms with Crippen molar-refractivity contribution in [2.24, 2.45) is 0 Å². The number of carbonyl (C=O) groups is 1. The fraction of sp³-hybridized carbons (Fsp3) is 0.167. The van der Waals surface area contributed by atoms with Gasteiger partial charge in [0.2, 0.25) is 0 Å². The summed E-state index contributed by atoms with van der Waals surface area (Å²) >= 11 is 0. The number of hydrogen-bond donors (Lipinski definition) is 3. The molecule has 2 rings (SSSR count). The van der Waals surface area contributed by atoms with Gasteiger partial charge in [-0.1, -0.05) is 24.8 Å². The first kappa shape index (κ1) is 17.5. The standard InChI is InChI=1S/C18H20N2O4/c1-2-18(21)23-13-17(24-22)12-19-14-8-10-16(11-9-14)20-15-6-4-3-5-7-15/h2-11,17,19-20,22H,1,12-13H2. The third-order valence-electron chi connectivity index (χ3n) is 3.21. The molecule has 0 heterocycles. The second kappa shape index (κ2) is 9.34. The van der Waals surface area contributed by atoms with Crippen molar-refractivity contribution in [3.8, 4) is 0 Å². The molecule has 24 heavy (non-hydrogen) atoms. The van der Waals surface area contributed by atoms with Crippen LogP contribution in [0.2, 0.25) is 0 Å². The molecule has 126 valence electrons. The summed E-state index contributed by atoms with van der Waals surface area (Å²) in [5.74, 6) is -0.562. The topological polar surface area (TPSA) is 79.8 Å². The third-order valence-corrected chi connectivity index (χ3v) is 3.21. The molecule has 3 N–H and O–H groups in total. The van der Waals surface area contributed by atoms with E-state index in [2.05, 4.69) is 22.1 Å². The molecule has 0 aromatic heterocycles. The summed E-state index contributed by atoms with van der Waals surface area (Å²) in [6, 6.07) is 17.5. The Morgan fingerprint density at radius 2 is 1.71 bits per heavy atom. The van der Waals surface area contributed by atoms with Crippen molar-refractivity contribution in [2.45, 2.75) is 6.10 Å². The van der Waals surface area contributed by atoms with Gasteiger partial charge >= 0.3 is 5.97 Å². The average molecular weight is 328 g/mol. The maximum absolute atomic E-state index is 11.0. The molecule has 0 saturated heterocycles. The molecule has 2 aromatic rings. The van der Waals surface area contributed by atoms with E-state index < -0.39 is 12.1 Å². The van der Waals surface area contributed by atoms with Gasteiger partial charge in [-0.05, 0) is 36.4 Å². The van der Waals surface area contributed by atoms with Crippen LogP contribution < -0.4 is 10.6 Å². The zero-order chi connectivity index (χ0) is 17.2. The highest BCUT2D eigenvalue weighted by atomic mass is 17.1. The lowest BCUT2D eigenvalue weighted by molar-refractivity contribution is -0.281. The quantitative estimate of drug-likeness (QED) is 0.283. The maximum atomic E-state index is 11.0. The summed E-state index contributed by atoms with van der Waals surface area (Å²) in [5, 5.41) is 15.2. The number of benzene rings is 2. The molecule has 0 aliphatic carbocycles. The van der Waals surface area contributed by atoms with E-state index in [0.29, 0.717) is 0 Å². The summed E-state index contributed by atoms with van der Waals surface area (Å²) < 4.78 is 4.83. The number of anilines is 3. The van der Waals surface area contributed by atoms with E-state index in [4.69, 9.17) is 9.99 Å². The normalized spacial score (nSPS) is 11.4. The third kappa shape index (κ3) is 5.75. The van der Waals surface area contributed by atoms with E-state index in [1.54, 1.807) is 0 Å². The van der Waals surface area contributed by atoms with Crippen LogP contribution in [0.4, 0.5) is 17.1 Å². The lowest BCUT2D eigenvalue weighted by Gasteiger charge is -2.15.